The fourth-order valence-electron chi connectivity index (χ4n) is 1.47. The number of rotatable bonds is 4. The van der Waals surface area contributed by atoms with Gasteiger partial charge in [-0.05, 0) is 23.6 Å². The third-order valence-electron chi connectivity index (χ3n) is 2.85. The van der Waals surface area contributed by atoms with Gasteiger partial charge in [-0.1, -0.05) is 37.6 Å². The van der Waals surface area contributed by atoms with E-state index in [0.29, 0.717) is 11.4 Å². The summed E-state index contributed by atoms with van der Waals surface area (Å²) in [5.41, 5.74) is 5.84. The molecule has 2 nitrogen and oxygen atoms in total. The highest BCUT2D eigenvalue weighted by Gasteiger charge is 2.29. The summed E-state index contributed by atoms with van der Waals surface area (Å²) in [6, 6.07) is 7.50. The van der Waals surface area contributed by atoms with Crippen LogP contribution in [-0.4, -0.2) is 17.3 Å². The van der Waals surface area contributed by atoms with Crippen LogP contribution in [0.5, 0.6) is 0 Å². The van der Waals surface area contributed by atoms with Gasteiger partial charge in [0.05, 0.1) is 5.60 Å². The molecule has 15 heavy (non-hydrogen) atoms. The van der Waals surface area contributed by atoms with E-state index in [1.165, 1.54) is 0 Å². The Bertz CT molecular complexity index is 310. The molecule has 3 N–H and O–H groups in total. The first kappa shape index (κ1) is 12.5. The summed E-state index contributed by atoms with van der Waals surface area (Å²) in [5, 5.41) is 11.0. The molecule has 0 amide bonds. The standard InChI is InChI=1S/C12H18ClNO/c1-9(2)12(15,8-14)7-10-3-5-11(13)6-4-10/h3-6,9,15H,7-8,14H2,1-2H3. The van der Waals surface area contributed by atoms with Crippen molar-refractivity contribution < 1.29 is 5.11 Å². The van der Waals surface area contributed by atoms with Gasteiger partial charge in [0.1, 0.15) is 0 Å². The molecule has 1 unspecified atom stereocenters. The van der Waals surface area contributed by atoms with Gasteiger partial charge >= 0.3 is 0 Å². The van der Waals surface area contributed by atoms with Crippen LogP contribution in [0.1, 0.15) is 19.4 Å². The molecule has 1 aromatic carbocycles. The number of hydrogen-bond donors (Lipinski definition) is 2. The molecule has 1 aromatic rings. The molecular formula is C12H18ClNO. The average Bonchev–Trinajstić information content (AvgIpc) is 2.21. The first-order chi connectivity index (χ1) is 6.98. The molecule has 0 aliphatic carbocycles. The molecule has 0 aliphatic heterocycles. The van der Waals surface area contributed by atoms with Crippen LogP contribution in [0.3, 0.4) is 0 Å². The first-order valence-electron chi connectivity index (χ1n) is 5.15. The zero-order valence-corrected chi connectivity index (χ0v) is 9.96. The second-order valence-corrected chi connectivity index (χ2v) is 4.70. The van der Waals surface area contributed by atoms with Gasteiger partial charge in [0.25, 0.3) is 0 Å². The minimum atomic E-state index is -0.826. The lowest BCUT2D eigenvalue weighted by molar-refractivity contribution is 0.00408. The van der Waals surface area contributed by atoms with E-state index < -0.39 is 5.60 Å². The van der Waals surface area contributed by atoms with E-state index in [9.17, 15) is 5.11 Å². The molecule has 3 heteroatoms. The van der Waals surface area contributed by atoms with Gasteiger partial charge in [-0.25, -0.2) is 0 Å². The lowest BCUT2D eigenvalue weighted by Gasteiger charge is -2.30. The second-order valence-electron chi connectivity index (χ2n) is 4.27. The zero-order valence-electron chi connectivity index (χ0n) is 9.20. The minimum absolute atomic E-state index is 0.137. The van der Waals surface area contributed by atoms with Crippen molar-refractivity contribution in [3.63, 3.8) is 0 Å². The average molecular weight is 228 g/mol. The minimum Gasteiger partial charge on any atom is -0.388 e. The Morgan fingerprint density at radius 3 is 2.27 bits per heavy atom. The number of aliphatic hydroxyl groups is 1. The van der Waals surface area contributed by atoms with Gasteiger partial charge in [0, 0.05) is 18.0 Å². The quantitative estimate of drug-likeness (QED) is 0.829. The third-order valence-corrected chi connectivity index (χ3v) is 3.10. The van der Waals surface area contributed by atoms with Crippen molar-refractivity contribution in [3.8, 4) is 0 Å². The Morgan fingerprint density at radius 1 is 1.33 bits per heavy atom. The van der Waals surface area contributed by atoms with Gasteiger partial charge < -0.3 is 10.8 Å². The zero-order chi connectivity index (χ0) is 11.5. The van der Waals surface area contributed by atoms with E-state index in [1.807, 2.05) is 38.1 Å². The van der Waals surface area contributed by atoms with Crippen LogP contribution in [0, 0.1) is 5.92 Å². The van der Waals surface area contributed by atoms with Gasteiger partial charge in [-0.3, -0.25) is 0 Å². The fraction of sp³-hybridized carbons (Fsp3) is 0.500. The number of benzene rings is 1. The molecule has 0 radical (unpaired) electrons. The van der Waals surface area contributed by atoms with Crippen molar-refractivity contribution in [3.05, 3.63) is 34.9 Å². The molecule has 0 saturated carbocycles. The van der Waals surface area contributed by atoms with E-state index >= 15 is 0 Å². The van der Waals surface area contributed by atoms with Crippen molar-refractivity contribution in [2.75, 3.05) is 6.54 Å². The highest BCUT2D eigenvalue weighted by Crippen LogP contribution is 2.22. The largest absolute Gasteiger partial charge is 0.388 e. The Balaban J connectivity index is 2.79. The van der Waals surface area contributed by atoms with Crippen LogP contribution in [0.15, 0.2) is 24.3 Å². The first-order valence-corrected chi connectivity index (χ1v) is 5.52. The Morgan fingerprint density at radius 2 is 1.87 bits per heavy atom. The fourth-order valence-corrected chi connectivity index (χ4v) is 1.59. The lowest BCUT2D eigenvalue weighted by Crippen LogP contribution is -2.44. The van der Waals surface area contributed by atoms with Crippen LogP contribution < -0.4 is 5.73 Å². The molecule has 0 aromatic heterocycles. The topological polar surface area (TPSA) is 46.2 Å². The summed E-state index contributed by atoms with van der Waals surface area (Å²) in [7, 11) is 0. The Kier molecular flexibility index (Phi) is 4.14. The van der Waals surface area contributed by atoms with E-state index in [1.54, 1.807) is 0 Å². The van der Waals surface area contributed by atoms with Crippen molar-refractivity contribution in [2.24, 2.45) is 11.7 Å². The van der Waals surface area contributed by atoms with Crippen LogP contribution in [-0.2, 0) is 6.42 Å². The molecule has 1 rings (SSSR count). The predicted octanol–water partition coefficient (Wildman–Crippen LogP) is 2.23. The monoisotopic (exact) mass is 227 g/mol. The highest BCUT2D eigenvalue weighted by molar-refractivity contribution is 6.30. The molecule has 0 spiro atoms. The normalized spacial score (nSPS) is 15.3. The van der Waals surface area contributed by atoms with Crippen LogP contribution in [0.25, 0.3) is 0 Å². The Labute approximate surface area is 96.1 Å². The van der Waals surface area contributed by atoms with Crippen LogP contribution in [0.2, 0.25) is 5.02 Å². The molecule has 84 valence electrons. The molecule has 1 atom stereocenters. The van der Waals surface area contributed by atoms with Crippen molar-refractivity contribution in [1.29, 1.82) is 0 Å². The summed E-state index contributed by atoms with van der Waals surface area (Å²) >= 11 is 5.79. The highest BCUT2D eigenvalue weighted by atomic mass is 35.5. The maximum Gasteiger partial charge on any atom is 0.0832 e. The van der Waals surface area contributed by atoms with E-state index in [4.69, 9.17) is 17.3 Å². The van der Waals surface area contributed by atoms with Crippen LogP contribution in [0.4, 0.5) is 0 Å². The molecule has 0 bridgehead atoms. The van der Waals surface area contributed by atoms with Gasteiger partial charge in [0.15, 0.2) is 0 Å². The summed E-state index contributed by atoms with van der Waals surface area (Å²) < 4.78 is 0. The van der Waals surface area contributed by atoms with E-state index in [-0.39, 0.29) is 12.5 Å². The Hall–Kier alpha value is -0.570. The third kappa shape index (κ3) is 3.20. The summed E-state index contributed by atoms with van der Waals surface area (Å²) in [5.74, 6) is 0.137. The molecule has 0 aliphatic rings. The van der Waals surface area contributed by atoms with E-state index in [2.05, 4.69) is 0 Å². The summed E-state index contributed by atoms with van der Waals surface area (Å²) in [6.45, 7) is 4.22. The SMILES string of the molecule is CC(C)C(O)(CN)Cc1ccc(Cl)cc1. The van der Waals surface area contributed by atoms with Crippen LogP contribution >= 0.6 is 11.6 Å². The molecule has 0 fully saturated rings. The van der Waals surface area contributed by atoms with Gasteiger partial charge in [-0.15, -0.1) is 0 Å². The smallest absolute Gasteiger partial charge is 0.0832 e. The number of hydrogen-bond acceptors (Lipinski definition) is 2. The second kappa shape index (κ2) is 4.97. The van der Waals surface area contributed by atoms with Crippen molar-refractivity contribution in [1.82, 2.24) is 0 Å². The van der Waals surface area contributed by atoms with Gasteiger partial charge in [0.2, 0.25) is 0 Å². The summed E-state index contributed by atoms with van der Waals surface area (Å²) in [4.78, 5) is 0. The van der Waals surface area contributed by atoms with E-state index in [0.717, 1.165) is 5.56 Å². The maximum absolute atomic E-state index is 10.3. The van der Waals surface area contributed by atoms with Crippen molar-refractivity contribution >= 4 is 11.6 Å². The molecular weight excluding hydrogens is 210 g/mol. The maximum atomic E-state index is 10.3. The van der Waals surface area contributed by atoms with Gasteiger partial charge in [-0.2, -0.15) is 0 Å². The number of halogens is 1. The molecule has 0 heterocycles. The lowest BCUT2D eigenvalue weighted by atomic mass is 9.84. The number of nitrogens with two attached hydrogens (primary N) is 1. The van der Waals surface area contributed by atoms with Crippen molar-refractivity contribution in [2.45, 2.75) is 25.9 Å². The predicted molar refractivity (Wildman–Crippen MR) is 64.0 cm³/mol. The summed E-state index contributed by atoms with van der Waals surface area (Å²) in [6.07, 6.45) is 0.568. The molecule has 0 saturated heterocycles.